The highest BCUT2D eigenvalue weighted by Crippen LogP contribution is 2.11. The number of hydrazone groups is 1. The maximum atomic E-state index is 11.2. The Morgan fingerprint density at radius 3 is 2.94 bits per heavy atom. The number of nitrogens with zero attached hydrogens (tertiary/aromatic N) is 1. The number of halogens is 1. The molecule has 0 bridgehead atoms. The summed E-state index contributed by atoms with van der Waals surface area (Å²) in [7, 11) is 0. The third-order valence-corrected chi connectivity index (χ3v) is 2.40. The van der Waals surface area contributed by atoms with E-state index >= 15 is 0 Å². The van der Waals surface area contributed by atoms with Gasteiger partial charge in [0.2, 0.25) is 5.91 Å². The van der Waals surface area contributed by atoms with Gasteiger partial charge in [-0.3, -0.25) is 4.79 Å². The predicted octanol–water partition coefficient (Wildman–Crippen LogP) is 2.98. The molecule has 4 heteroatoms. The van der Waals surface area contributed by atoms with Gasteiger partial charge in [0.25, 0.3) is 0 Å². The quantitative estimate of drug-likeness (QED) is 0.622. The Hall–Kier alpha value is -1.35. The van der Waals surface area contributed by atoms with Crippen LogP contribution in [0, 0.1) is 0 Å². The maximum Gasteiger partial charge on any atom is 0.240 e. The minimum Gasteiger partial charge on any atom is -0.273 e. The molecular weight excluding hydrogens is 224 g/mol. The van der Waals surface area contributed by atoms with Gasteiger partial charge in [-0.1, -0.05) is 43.1 Å². The van der Waals surface area contributed by atoms with Crippen LogP contribution in [0.15, 0.2) is 29.4 Å². The van der Waals surface area contributed by atoms with Crippen molar-refractivity contribution in [2.75, 3.05) is 0 Å². The van der Waals surface area contributed by atoms with E-state index in [1.807, 2.05) is 25.1 Å². The summed E-state index contributed by atoms with van der Waals surface area (Å²) in [5, 5.41) is 4.47. The first-order valence-corrected chi connectivity index (χ1v) is 5.68. The average molecular weight is 239 g/mol. The van der Waals surface area contributed by atoms with Gasteiger partial charge in [-0.15, -0.1) is 0 Å². The van der Waals surface area contributed by atoms with E-state index in [1.165, 1.54) is 0 Å². The van der Waals surface area contributed by atoms with Crippen LogP contribution in [-0.4, -0.2) is 12.1 Å². The van der Waals surface area contributed by atoms with E-state index in [0.29, 0.717) is 11.4 Å². The fraction of sp³-hybridized carbons (Fsp3) is 0.333. The molecule has 1 aromatic carbocycles. The molecule has 1 N–H and O–H groups in total. The zero-order chi connectivity index (χ0) is 11.8. The molecule has 0 unspecified atom stereocenters. The largest absolute Gasteiger partial charge is 0.273 e. The van der Waals surface area contributed by atoms with Crippen molar-refractivity contribution in [1.82, 2.24) is 5.43 Å². The zero-order valence-corrected chi connectivity index (χ0v) is 10.00. The number of carbonyl (C=O) groups is 1. The molecule has 0 radical (unpaired) electrons. The molecule has 1 aromatic rings. The van der Waals surface area contributed by atoms with E-state index in [9.17, 15) is 4.79 Å². The van der Waals surface area contributed by atoms with E-state index in [1.54, 1.807) is 12.3 Å². The van der Waals surface area contributed by atoms with Crippen molar-refractivity contribution in [3.63, 3.8) is 0 Å². The number of hydrogen-bond acceptors (Lipinski definition) is 2. The van der Waals surface area contributed by atoms with Gasteiger partial charge in [0.15, 0.2) is 0 Å². The summed E-state index contributed by atoms with van der Waals surface area (Å²) in [6.45, 7) is 2.04. The lowest BCUT2D eigenvalue weighted by molar-refractivity contribution is -0.121. The van der Waals surface area contributed by atoms with Gasteiger partial charge >= 0.3 is 0 Å². The highest BCUT2D eigenvalue weighted by molar-refractivity contribution is 6.33. The molecule has 0 spiro atoms. The first kappa shape index (κ1) is 12.7. The summed E-state index contributed by atoms with van der Waals surface area (Å²) in [5.74, 6) is -0.0647. The second kappa shape index (κ2) is 7.01. The molecule has 0 aromatic heterocycles. The number of nitrogens with one attached hydrogen (secondary N) is 1. The third-order valence-electron chi connectivity index (χ3n) is 2.06. The van der Waals surface area contributed by atoms with Crippen LogP contribution in [0.3, 0.4) is 0 Å². The first-order chi connectivity index (χ1) is 7.74. The smallest absolute Gasteiger partial charge is 0.240 e. The molecule has 0 aliphatic rings. The van der Waals surface area contributed by atoms with Crippen molar-refractivity contribution >= 4 is 23.7 Å². The summed E-state index contributed by atoms with van der Waals surface area (Å²) >= 11 is 5.92. The van der Waals surface area contributed by atoms with E-state index in [-0.39, 0.29) is 5.91 Å². The highest BCUT2D eigenvalue weighted by Gasteiger charge is 1.97. The van der Waals surface area contributed by atoms with E-state index in [0.717, 1.165) is 18.4 Å². The third kappa shape index (κ3) is 4.45. The van der Waals surface area contributed by atoms with Crippen molar-refractivity contribution in [1.29, 1.82) is 0 Å². The standard InChI is InChI=1S/C12H15ClN2O/c1-2-3-8-12(16)15-14-9-10-6-4-5-7-11(10)13/h4-7,9H,2-3,8H2,1H3,(H,15,16)/b14-9-. The van der Waals surface area contributed by atoms with Crippen molar-refractivity contribution in [3.8, 4) is 0 Å². The molecular formula is C12H15ClN2O. The number of hydrogen-bond donors (Lipinski definition) is 1. The van der Waals surface area contributed by atoms with Crippen LogP contribution < -0.4 is 5.43 Å². The molecule has 1 amide bonds. The lowest BCUT2D eigenvalue weighted by Crippen LogP contribution is -2.16. The second-order valence-electron chi connectivity index (χ2n) is 3.42. The topological polar surface area (TPSA) is 41.5 Å². The second-order valence-corrected chi connectivity index (χ2v) is 3.83. The highest BCUT2D eigenvalue weighted by atomic mass is 35.5. The van der Waals surface area contributed by atoms with Crippen LogP contribution in [0.25, 0.3) is 0 Å². The molecule has 3 nitrogen and oxygen atoms in total. The van der Waals surface area contributed by atoms with Crippen LogP contribution in [-0.2, 0) is 4.79 Å². The molecule has 0 aliphatic carbocycles. The average Bonchev–Trinajstić information content (AvgIpc) is 2.29. The van der Waals surface area contributed by atoms with Gasteiger partial charge in [-0.25, -0.2) is 5.43 Å². The minimum atomic E-state index is -0.0647. The van der Waals surface area contributed by atoms with Crippen molar-refractivity contribution < 1.29 is 4.79 Å². The number of carbonyl (C=O) groups excluding carboxylic acids is 1. The normalized spacial score (nSPS) is 10.6. The fourth-order valence-corrected chi connectivity index (χ4v) is 1.33. The molecule has 1 rings (SSSR count). The van der Waals surface area contributed by atoms with Gasteiger partial charge < -0.3 is 0 Å². The van der Waals surface area contributed by atoms with Crippen LogP contribution in [0.2, 0.25) is 5.02 Å². The predicted molar refractivity (Wildman–Crippen MR) is 66.7 cm³/mol. The van der Waals surface area contributed by atoms with Gasteiger partial charge in [0, 0.05) is 17.0 Å². The molecule has 16 heavy (non-hydrogen) atoms. The van der Waals surface area contributed by atoms with E-state index in [4.69, 9.17) is 11.6 Å². The first-order valence-electron chi connectivity index (χ1n) is 5.30. The summed E-state index contributed by atoms with van der Waals surface area (Å²) in [4.78, 5) is 11.2. The lowest BCUT2D eigenvalue weighted by Gasteiger charge is -1.98. The Morgan fingerprint density at radius 1 is 1.50 bits per heavy atom. The Labute approximate surface area is 101 Å². The van der Waals surface area contributed by atoms with Crippen LogP contribution in [0.1, 0.15) is 31.7 Å². The van der Waals surface area contributed by atoms with Crippen molar-refractivity contribution in [2.24, 2.45) is 5.10 Å². The number of rotatable bonds is 5. The van der Waals surface area contributed by atoms with Gasteiger partial charge in [-0.2, -0.15) is 5.10 Å². The van der Waals surface area contributed by atoms with Crippen LogP contribution in [0.4, 0.5) is 0 Å². The number of benzene rings is 1. The minimum absolute atomic E-state index is 0.0647. The maximum absolute atomic E-state index is 11.2. The Kier molecular flexibility index (Phi) is 5.57. The molecule has 0 atom stereocenters. The molecule has 0 aliphatic heterocycles. The van der Waals surface area contributed by atoms with E-state index < -0.39 is 0 Å². The SMILES string of the molecule is CCCCC(=O)N/N=C\c1ccccc1Cl. The van der Waals surface area contributed by atoms with Crippen molar-refractivity contribution in [2.45, 2.75) is 26.2 Å². The molecule has 0 heterocycles. The summed E-state index contributed by atoms with van der Waals surface area (Å²) in [5.41, 5.74) is 3.26. The summed E-state index contributed by atoms with van der Waals surface area (Å²) < 4.78 is 0. The van der Waals surface area contributed by atoms with E-state index in [2.05, 4.69) is 10.5 Å². The Morgan fingerprint density at radius 2 is 2.25 bits per heavy atom. The zero-order valence-electron chi connectivity index (χ0n) is 9.24. The summed E-state index contributed by atoms with van der Waals surface area (Å²) in [6, 6.07) is 7.33. The fourth-order valence-electron chi connectivity index (χ4n) is 1.15. The number of amides is 1. The van der Waals surface area contributed by atoms with Gasteiger partial charge in [0.05, 0.1) is 6.21 Å². The molecule has 0 fully saturated rings. The van der Waals surface area contributed by atoms with Crippen LogP contribution >= 0.6 is 11.6 Å². The lowest BCUT2D eigenvalue weighted by atomic mass is 10.2. The molecule has 0 saturated heterocycles. The number of unbranched alkanes of at least 4 members (excludes halogenated alkanes) is 1. The monoisotopic (exact) mass is 238 g/mol. The Balaban J connectivity index is 2.43. The van der Waals surface area contributed by atoms with Crippen LogP contribution in [0.5, 0.6) is 0 Å². The van der Waals surface area contributed by atoms with Gasteiger partial charge in [0.1, 0.15) is 0 Å². The molecule has 86 valence electrons. The molecule has 0 saturated carbocycles. The van der Waals surface area contributed by atoms with Crippen molar-refractivity contribution in [3.05, 3.63) is 34.9 Å². The van der Waals surface area contributed by atoms with Gasteiger partial charge in [-0.05, 0) is 12.5 Å². The Bertz CT molecular complexity index is 377. The summed E-state index contributed by atoms with van der Waals surface area (Å²) in [6.07, 6.45) is 3.94.